The molecule has 1 aliphatic rings. The van der Waals surface area contributed by atoms with E-state index in [0.29, 0.717) is 66.0 Å². The number of nitrogens with one attached hydrogen (secondary N) is 1. The molecule has 14 nitrogen and oxygen atoms in total. The number of pyridine rings is 1. The minimum absolute atomic E-state index is 0.113. The first kappa shape index (κ1) is 40.9. The fourth-order valence-electron chi connectivity index (χ4n) is 7.31. The van der Waals surface area contributed by atoms with Crippen LogP contribution < -0.4 is 19.7 Å². The molecule has 0 atom stereocenters. The number of methoxy groups -OCH3 is 2. The van der Waals surface area contributed by atoms with E-state index < -0.39 is 17.6 Å². The number of rotatable bonds is 13. The van der Waals surface area contributed by atoms with Gasteiger partial charge in [0, 0.05) is 63.1 Å². The summed E-state index contributed by atoms with van der Waals surface area (Å²) in [5.41, 5.74) is 4.63. The summed E-state index contributed by atoms with van der Waals surface area (Å²) in [7, 11) is 5.26. The van der Waals surface area contributed by atoms with Crippen LogP contribution in [0.15, 0.2) is 104 Å². The molecule has 0 unspecified atom stereocenters. The SMILES string of the molecule is COc1ccc(CN(Cc2ccc(OC)cc2)c2ncnn3c(-c4cnn(-c5cc(NC(=O)c6ccc(CN7CCN(C)CC7)c(C(F)(F)F)c6)cnc5C)c4)cnc23)cc1. The van der Waals surface area contributed by atoms with Crippen LogP contribution in [0.1, 0.15) is 38.3 Å². The van der Waals surface area contributed by atoms with Gasteiger partial charge in [-0.25, -0.2) is 19.2 Å². The van der Waals surface area contributed by atoms with Crippen LogP contribution >= 0.6 is 0 Å². The van der Waals surface area contributed by atoms with Crippen molar-refractivity contribution in [3.63, 3.8) is 0 Å². The van der Waals surface area contributed by atoms with Crippen molar-refractivity contribution in [3.8, 4) is 28.4 Å². The highest BCUT2D eigenvalue weighted by Crippen LogP contribution is 2.34. The summed E-state index contributed by atoms with van der Waals surface area (Å²) in [4.78, 5) is 33.6. The Balaban J connectivity index is 1.04. The van der Waals surface area contributed by atoms with Gasteiger partial charge in [0.2, 0.25) is 0 Å². The van der Waals surface area contributed by atoms with Crippen LogP contribution in [0.3, 0.4) is 0 Å². The zero-order chi connectivity index (χ0) is 42.7. The Kier molecular flexibility index (Phi) is 11.7. The maximum absolute atomic E-state index is 14.3. The van der Waals surface area contributed by atoms with Gasteiger partial charge in [0.05, 0.1) is 61.1 Å². The second-order valence-corrected chi connectivity index (χ2v) is 14.9. The standard InChI is InChI=1S/C44H44F3N11O3/c1-29-39(20-35(22-48-29)53-43(59)32-9-10-33(38(19-32)44(45,46)47)26-55-17-15-54(2)16-18-55)57-27-34(21-51-57)40-23-49-42-41(50-28-52-58(40)42)56(24-30-5-11-36(60-3)12-6-30)25-31-7-13-37(61-4)14-8-31/h5-14,19-23,27-28H,15-18,24-26H2,1-4H3,(H,53,59). The summed E-state index contributed by atoms with van der Waals surface area (Å²) in [5, 5.41) is 11.9. The van der Waals surface area contributed by atoms with E-state index in [2.05, 4.69) is 30.3 Å². The van der Waals surface area contributed by atoms with Crippen molar-refractivity contribution in [3.05, 3.63) is 137 Å². The number of aromatic nitrogens is 7. The maximum Gasteiger partial charge on any atom is 0.416 e. The molecule has 0 saturated carbocycles. The van der Waals surface area contributed by atoms with E-state index in [-0.39, 0.29) is 17.7 Å². The quantitative estimate of drug-likeness (QED) is 0.130. The van der Waals surface area contributed by atoms with Crippen LogP contribution in [0.4, 0.5) is 24.7 Å². The monoisotopic (exact) mass is 831 g/mol. The van der Waals surface area contributed by atoms with Gasteiger partial charge in [0.1, 0.15) is 17.8 Å². The molecule has 1 fully saturated rings. The minimum Gasteiger partial charge on any atom is -0.497 e. The third-order valence-corrected chi connectivity index (χ3v) is 10.8. The molecule has 4 aromatic heterocycles. The number of likely N-dealkylation sites (N-methyl/N-ethyl adjacent to an activating group) is 1. The lowest BCUT2D eigenvalue weighted by Crippen LogP contribution is -2.44. The maximum atomic E-state index is 14.3. The Bertz CT molecular complexity index is 2590. The molecule has 7 aromatic rings. The number of halogens is 3. The molecule has 17 heteroatoms. The highest BCUT2D eigenvalue weighted by Gasteiger charge is 2.35. The number of carbonyl (C=O) groups excluding carboxylic acids is 1. The zero-order valence-electron chi connectivity index (χ0n) is 34.1. The van der Waals surface area contributed by atoms with Gasteiger partial charge in [-0.3, -0.25) is 14.7 Å². The molecule has 1 amide bonds. The van der Waals surface area contributed by atoms with Crippen molar-refractivity contribution in [1.82, 2.24) is 44.1 Å². The van der Waals surface area contributed by atoms with Crippen LogP contribution in [-0.2, 0) is 25.8 Å². The molecule has 0 radical (unpaired) electrons. The number of carbonyl (C=O) groups is 1. The Morgan fingerprint density at radius 2 is 1.49 bits per heavy atom. The number of ether oxygens (including phenoxy) is 2. The number of benzene rings is 3. The number of piperazine rings is 1. The molecule has 8 rings (SSSR count). The highest BCUT2D eigenvalue weighted by atomic mass is 19.4. The highest BCUT2D eigenvalue weighted by molar-refractivity contribution is 6.04. The molecule has 0 aliphatic carbocycles. The van der Waals surface area contributed by atoms with Crippen molar-refractivity contribution in [2.24, 2.45) is 0 Å². The first-order chi connectivity index (χ1) is 29.4. The second-order valence-electron chi connectivity index (χ2n) is 14.9. The molecule has 314 valence electrons. The summed E-state index contributed by atoms with van der Waals surface area (Å²) in [6, 6.07) is 21.2. The Hall–Kier alpha value is -6.85. The van der Waals surface area contributed by atoms with E-state index in [1.54, 1.807) is 55.0 Å². The molecule has 1 aliphatic heterocycles. The van der Waals surface area contributed by atoms with Crippen molar-refractivity contribution in [1.29, 1.82) is 0 Å². The van der Waals surface area contributed by atoms with Gasteiger partial charge in [-0.1, -0.05) is 30.3 Å². The molecule has 1 saturated heterocycles. The average molecular weight is 832 g/mol. The normalized spacial score (nSPS) is 13.7. The van der Waals surface area contributed by atoms with E-state index in [4.69, 9.17) is 19.4 Å². The fraction of sp³-hybridized carbons (Fsp3) is 0.273. The number of hydrogen-bond acceptors (Lipinski definition) is 11. The number of amides is 1. The number of alkyl halides is 3. The van der Waals surface area contributed by atoms with Gasteiger partial charge in [-0.05, 0) is 73.1 Å². The molecule has 61 heavy (non-hydrogen) atoms. The van der Waals surface area contributed by atoms with E-state index in [0.717, 1.165) is 41.8 Å². The van der Waals surface area contributed by atoms with Crippen LogP contribution in [0.5, 0.6) is 11.5 Å². The minimum atomic E-state index is -4.63. The summed E-state index contributed by atoms with van der Waals surface area (Å²) in [6.07, 6.45) is 3.50. The Labute approximate surface area is 350 Å². The van der Waals surface area contributed by atoms with Crippen LogP contribution in [0.25, 0.3) is 22.6 Å². The Morgan fingerprint density at radius 1 is 0.820 bits per heavy atom. The second kappa shape index (κ2) is 17.4. The summed E-state index contributed by atoms with van der Waals surface area (Å²) < 4.78 is 56.9. The molecule has 3 aromatic carbocycles. The predicted octanol–water partition coefficient (Wildman–Crippen LogP) is 6.92. The lowest BCUT2D eigenvalue weighted by atomic mass is 10.0. The smallest absolute Gasteiger partial charge is 0.416 e. The van der Waals surface area contributed by atoms with E-state index in [1.807, 2.05) is 60.5 Å². The zero-order valence-corrected chi connectivity index (χ0v) is 34.1. The lowest BCUT2D eigenvalue weighted by molar-refractivity contribution is -0.138. The largest absolute Gasteiger partial charge is 0.497 e. The third-order valence-electron chi connectivity index (χ3n) is 10.8. The van der Waals surface area contributed by atoms with Crippen LogP contribution in [0, 0.1) is 6.92 Å². The summed E-state index contributed by atoms with van der Waals surface area (Å²) in [6.45, 7) is 5.89. The molecular formula is C44H44F3N11O3. The van der Waals surface area contributed by atoms with E-state index in [9.17, 15) is 18.0 Å². The summed E-state index contributed by atoms with van der Waals surface area (Å²) >= 11 is 0. The number of nitrogens with zero attached hydrogens (tertiary/aromatic N) is 10. The van der Waals surface area contributed by atoms with Crippen LogP contribution in [-0.4, -0.2) is 97.5 Å². The van der Waals surface area contributed by atoms with Crippen LogP contribution in [0.2, 0.25) is 0 Å². The van der Waals surface area contributed by atoms with Gasteiger partial charge in [-0.15, -0.1) is 0 Å². The number of fused-ring (bicyclic) bond motifs is 1. The fourth-order valence-corrected chi connectivity index (χ4v) is 7.31. The number of imidazole rings is 1. The first-order valence-corrected chi connectivity index (χ1v) is 19.6. The van der Waals surface area contributed by atoms with E-state index >= 15 is 0 Å². The first-order valence-electron chi connectivity index (χ1n) is 19.6. The van der Waals surface area contributed by atoms with Gasteiger partial charge >= 0.3 is 6.18 Å². The third kappa shape index (κ3) is 9.17. The lowest BCUT2D eigenvalue weighted by Gasteiger charge is -2.33. The number of hydrogen-bond donors (Lipinski definition) is 1. The van der Waals surface area contributed by atoms with Crippen molar-refractivity contribution in [2.45, 2.75) is 32.7 Å². The molecule has 0 bridgehead atoms. The topological polar surface area (TPSA) is 131 Å². The van der Waals surface area contributed by atoms with Gasteiger partial charge in [0.15, 0.2) is 11.5 Å². The van der Waals surface area contributed by atoms with Crippen molar-refractivity contribution < 1.29 is 27.4 Å². The molecule has 1 N–H and O–H groups in total. The Morgan fingerprint density at radius 3 is 2.13 bits per heavy atom. The van der Waals surface area contributed by atoms with Gasteiger partial charge in [0.25, 0.3) is 5.91 Å². The molecule has 5 heterocycles. The molecule has 0 spiro atoms. The summed E-state index contributed by atoms with van der Waals surface area (Å²) in [5.74, 6) is 1.45. The molecular weight excluding hydrogens is 788 g/mol. The number of aryl methyl sites for hydroxylation is 1. The average Bonchev–Trinajstić information content (AvgIpc) is 3.93. The van der Waals surface area contributed by atoms with Gasteiger partial charge < -0.3 is 24.6 Å². The van der Waals surface area contributed by atoms with E-state index in [1.165, 1.54) is 24.7 Å². The number of anilines is 2. The van der Waals surface area contributed by atoms with Gasteiger partial charge in [-0.2, -0.15) is 23.4 Å². The van der Waals surface area contributed by atoms with Crippen molar-refractivity contribution >= 4 is 23.1 Å². The predicted molar refractivity (Wildman–Crippen MR) is 224 cm³/mol. The van der Waals surface area contributed by atoms with Crippen molar-refractivity contribution in [2.75, 3.05) is 57.7 Å².